The molecule has 1 aliphatic heterocycles. The monoisotopic (exact) mass is 274 g/mol. The molecule has 0 aliphatic carbocycles. The Bertz CT molecular complexity index is 529. The number of nitrogens with one attached hydrogen (secondary N) is 1. The van der Waals surface area contributed by atoms with E-state index in [9.17, 15) is 4.79 Å². The van der Waals surface area contributed by atoms with Gasteiger partial charge in [-0.2, -0.15) is 0 Å². The maximum Gasteiger partial charge on any atom is 0.232 e. The third kappa shape index (κ3) is 2.47. The molecule has 1 aromatic rings. The summed E-state index contributed by atoms with van der Waals surface area (Å²) in [5, 5.41) is 3.05. The van der Waals surface area contributed by atoms with Crippen LogP contribution in [-0.2, 0) is 11.2 Å². The Balaban J connectivity index is 2.59. The quantitative estimate of drug-likeness (QED) is 0.882. The van der Waals surface area contributed by atoms with Crippen LogP contribution in [-0.4, -0.2) is 5.91 Å². The van der Waals surface area contributed by atoms with Crippen molar-refractivity contribution in [1.82, 2.24) is 0 Å². The number of rotatable bonds is 3. The highest BCUT2D eigenvalue weighted by atomic mass is 16.2. The number of fused-ring (bicyclic) bond motifs is 1. The summed E-state index contributed by atoms with van der Waals surface area (Å²) in [5.41, 5.74) is 10.8. The third-order valence-electron chi connectivity index (χ3n) is 4.28. The summed E-state index contributed by atoms with van der Waals surface area (Å²) < 4.78 is 0. The molecule has 2 rings (SSSR count). The minimum absolute atomic E-state index is 0.0255. The van der Waals surface area contributed by atoms with Gasteiger partial charge in [0.1, 0.15) is 0 Å². The van der Waals surface area contributed by atoms with Gasteiger partial charge in [0, 0.05) is 11.7 Å². The van der Waals surface area contributed by atoms with Gasteiger partial charge in [0.15, 0.2) is 0 Å². The van der Waals surface area contributed by atoms with Gasteiger partial charge in [0.25, 0.3) is 0 Å². The van der Waals surface area contributed by atoms with E-state index in [4.69, 9.17) is 5.73 Å². The standard InChI is InChI=1S/C17H26N2O/c1-6-10-8-12-11(7-2)16(20)19-14(12)13(9-10)15(18)17(3,4)5/h8-9,11,15H,6-7,18H2,1-5H3,(H,19,20). The molecule has 1 aromatic carbocycles. The molecule has 2 unspecified atom stereocenters. The molecule has 20 heavy (non-hydrogen) atoms. The van der Waals surface area contributed by atoms with E-state index in [0.29, 0.717) is 0 Å². The summed E-state index contributed by atoms with van der Waals surface area (Å²) in [7, 11) is 0. The van der Waals surface area contributed by atoms with Crippen LogP contribution in [0.1, 0.15) is 69.7 Å². The molecule has 0 fully saturated rings. The highest BCUT2D eigenvalue weighted by Crippen LogP contribution is 2.43. The van der Waals surface area contributed by atoms with E-state index in [0.717, 1.165) is 29.7 Å². The lowest BCUT2D eigenvalue weighted by molar-refractivity contribution is -0.117. The first kappa shape index (κ1) is 15.0. The van der Waals surface area contributed by atoms with Crippen LogP contribution in [0.25, 0.3) is 0 Å². The molecule has 1 aliphatic rings. The largest absolute Gasteiger partial charge is 0.325 e. The fourth-order valence-corrected chi connectivity index (χ4v) is 2.84. The van der Waals surface area contributed by atoms with Crippen LogP contribution in [0.2, 0.25) is 0 Å². The van der Waals surface area contributed by atoms with E-state index < -0.39 is 0 Å². The molecule has 1 amide bonds. The van der Waals surface area contributed by atoms with Crippen molar-refractivity contribution in [3.05, 3.63) is 28.8 Å². The highest BCUT2D eigenvalue weighted by molar-refractivity contribution is 6.03. The van der Waals surface area contributed by atoms with E-state index >= 15 is 0 Å². The predicted octanol–water partition coefficient (Wildman–Crippen LogP) is 3.74. The molecule has 110 valence electrons. The summed E-state index contributed by atoms with van der Waals surface area (Å²) >= 11 is 0. The minimum atomic E-state index is -0.0846. The van der Waals surface area contributed by atoms with Crippen LogP contribution in [0, 0.1) is 5.41 Å². The van der Waals surface area contributed by atoms with Gasteiger partial charge in [-0.3, -0.25) is 4.79 Å². The molecule has 3 N–H and O–H groups in total. The van der Waals surface area contributed by atoms with Crippen LogP contribution in [0.3, 0.4) is 0 Å². The first-order chi connectivity index (χ1) is 9.29. The van der Waals surface area contributed by atoms with Gasteiger partial charge >= 0.3 is 0 Å². The Kier molecular flexibility index (Phi) is 3.92. The molecule has 2 atom stereocenters. The van der Waals surface area contributed by atoms with Gasteiger partial charge in [-0.15, -0.1) is 0 Å². The van der Waals surface area contributed by atoms with Gasteiger partial charge in [0.2, 0.25) is 5.91 Å². The van der Waals surface area contributed by atoms with Crippen molar-refractivity contribution in [2.75, 3.05) is 5.32 Å². The van der Waals surface area contributed by atoms with Gasteiger partial charge in [-0.05, 0) is 34.9 Å². The summed E-state index contributed by atoms with van der Waals surface area (Å²) in [4.78, 5) is 12.1. The van der Waals surface area contributed by atoms with Crippen LogP contribution in [0.4, 0.5) is 5.69 Å². The lowest BCUT2D eigenvalue weighted by Gasteiger charge is -2.29. The lowest BCUT2D eigenvalue weighted by Crippen LogP contribution is -2.27. The molecule has 0 spiro atoms. The Hall–Kier alpha value is -1.35. The Morgan fingerprint density at radius 1 is 1.30 bits per heavy atom. The van der Waals surface area contributed by atoms with Crippen LogP contribution in [0.15, 0.2) is 12.1 Å². The van der Waals surface area contributed by atoms with Crippen molar-refractivity contribution in [1.29, 1.82) is 0 Å². The van der Waals surface area contributed by atoms with E-state index in [-0.39, 0.29) is 23.3 Å². The molecule has 0 aromatic heterocycles. The van der Waals surface area contributed by atoms with Crippen LogP contribution >= 0.6 is 0 Å². The van der Waals surface area contributed by atoms with Gasteiger partial charge in [0.05, 0.1) is 5.92 Å². The first-order valence-corrected chi connectivity index (χ1v) is 7.52. The molecule has 0 saturated heterocycles. The number of nitrogens with two attached hydrogens (primary N) is 1. The minimum Gasteiger partial charge on any atom is -0.325 e. The predicted molar refractivity (Wildman–Crippen MR) is 83.9 cm³/mol. The van der Waals surface area contributed by atoms with Gasteiger partial charge in [-0.25, -0.2) is 0 Å². The zero-order chi connectivity index (χ0) is 15.1. The zero-order valence-corrected chi connectivity index (χ0v) is 13.2. The number of hydrogen-bond acceptors (Lipinski definition) is 2. The lowest BCUT2D eigenvalue weighted by atomic mass is 9.80. The fraction of sp³-hybridized carbons (Fsp3) is 0.588. The van der Waals surface area contributed by atoms with Crippen molar-refractivity contribution in [3.63, 3.8) is 0 Å². The zero-order valence-electron chi connectivity index (χ0n) is 13.2. The van der Waals surface area contributed by atoms with Gasteiger partial charge in [-0.1, -0.05) is 46.8 Å². The number of aryl methyl sites for hydroxylation is 1. The molecule has 3 nitrogen and oxygen atoms in total. The second-order valence-electron chi connectivity index (χ2n) is 6.80. The number of anilines is 1. The molecule has 0 saturated carbocycles. The van der Waals surface area contributed by atoms with E-state index in [1.165, 1.54) is 5.56 Å². The first-order valence-electron chi connectivity index (χ1n) is 7.52. The number of carbonyl (C=O) groups is 1. The molecular formula is C17H26N2O. The Morgan fingerprint density at radius 3 is 2.45 bits per heavy atom. The average molecular weight is 274 g/mol. The normalized spacial score (nSPS) is 19.7. The third-order valence-corrected chi connectivity index (χ3v) is 4.28. The second-order valence-corrected chi connectivity index (χ2v) is 6.80. The van der Waals surface area contributed by atoms with Crippen molar-refractivity contribution in [2.24, 2.45) is 11.1 Å². The topological polar surface area (TPSA) is 55.1 Å². The second kappa shape index (κ2) is 5.21. The van der Waals surface area contributed by atoms with E-state index in [2.05, 4.69) is 52.1 Å². The fourth-order valence-electron chi connectivity index (χ4n) is 2.84. The maximum absolute atomic E-state index is 12.1. The molecule has 0 bridgehead atoms. The number of amides is 1. The van der Waals surface area contributed by atoms with Crippen LogP contribution < -0.4 is 11.1 Å². The van der Waals surface area contributed by atoms with Crippen molar-refractivity contribution in [2.45, 2.75) is 59.4 Å². The molecule has 1 heterocycles. The van der Waals surface area contributed by atoms with E-state index in [1.54, 1.807) is 0 Å². The molecule has 0 radical (unpaired) electrons. The van der Waals surface area contributed by atoms with Crippen molar-refractivity contribution < 1.29 is 4.79 Å². The highest BCUT2D eigenvalue weighted by Gasteiger charge is 2.34. The van der Waals surface area contributed by atoms with Crippen molar-refractivity contribution in [3.8, 4) is 0 Å². The summed E-state index contributed by atoms with van der Waals surface area (Å²) in [5.74, 6) is 0.0838. The average Bonchev–Trinajstić information content (AvgIpc) is 2.70. The van der Waals surface area contributed by atoms with Gasteiger partial charge < -0.3 is 11.1 Å². The number of hydrogen-bond donors (Lipinski definition) is 2. The number of carbonyl (C=O) groups excluding carboxylic acids is 1. The smallest absolute Gasteiger partial charge is 0.232 e. The summed E-state index contributed by atoms with van der Waals surface area (Å²) in [6.45, 7) is 10.6. The van der Waals surface area contributed by atoms with E-state index in [1.807, 2.05) is 0 Å². The maximum atomic E-state index is 12.1. The molecular weight excluding hydrogens is 248 g/mol. The SMILES string of the molecule is CCc1cc2c(c(C(N)C(C)(C)C)c1)NC(=O)C2CC. The molecule has 3 heteroatoms. The number of benzene rings is 1. The summed E-state index contributed by atoms with van der Waals surface area (Å²) in [6.07, 6.45) is 1.79. The summed E-state index contributed by atoms with van der Waals surface area (Å²) in [6, 6.07) is 4.24. The van der Waals surface area contributed by atoms with Crippen LogP contribution in [0.5, 0.6) is 0 Å². The Morgan fingerprint density at radius 2 is 1.95 bits per heavy atom. The van der Waals surface area contributed by atoms with Crippen molar-refractivity contribution >= 4 is 11.6 Å². The Labute approximate surface area is 121 Å².